The van der Waals surface area contributed by atoms with Gasteiger partial charge in [0.25, 0.3) is 5.91 Å². The number of nitrogens with zero attached hydrogens (tertiary/aromatic N) is 3. The van der Waals surface area contributed by atoms with E-state index in [1.54, 1.807) is 10.9 Å². The maximum Gasteiger partial charge on any atom is 0.274 e. The molecule has 1 fully saturated rings. The number of nitrogen functional groups attached to an aromatic ring is 1. The average Bonchev–Trinajstić information content (AvgIpc) is 3.07. The van der Waals surface area contributed by atoms with E-state index in [-0.39, 0.29) is 11.9 Å². The summed E-state index contributed by atoms with van der Waals surface area (Å²) in [6, 6.07) is 0.192. The van der Waals surface area contributed by atoms with Crippen molar-refractivity contribution >= 4 is 11.6 Å². The summed E-state index contributed by atoms with van der Waals surface area (Å²) in [5, 5.41) is 4.14. The minimum atomic E-state index is 0.00810. The van der Waals surface area contributed by atoms with Crippen molar-refractivity contribution in [2.24, 2.45) is 5.92 Å². The molecule has 0 saturated heterocycles. The van der Waals surface area contributed by atoms with Gasteiger partial charge in [-0.2, -0.15) is 5.10 Å². The van der Waals surface area contributed by atoms with E-state index in [4.69, 9.17) is 5.73 Å². The van der Waals surface area contributed by atoms with E-state index in [0.29, 0.717) is 23.8 Å². The molecule has 0 radical (unpaired) electrons. The minimum Gasteiger partial charge on any atom is -0.396 e. The van der Waals surface area contributed by atoms with Crippen LogP contribution in [0.1, 0.15) is 44.1 Å². The highest BCUT2D eigenvalue weighted by atomic mass is 16.2. The maximum absolute atomic E-state index is 12.6. The van der Waals surface area contributed by atoms with E-state index in [1.807, 2.05) is 25.7 Å². The number of amides is 1. The van der Waals surface area contributed by atoms with Crippen molar-refractivity contribution in [3.05, 3.63) is 11.9 Å². The van der Waals surface area contributed by atoms with Gasteiger partial charge in [0, 0.05) is 19.1 Å². The Morgan fingerprint density at radius 1 is 1.61 bits per heavy atom. The van der Waals surface area contributed by atoms with Crippen LogP contribution < -0.4 is 5.73 Å². The fourth-order valence-corrected chi connectivity index (χ4v) is 2.12. The van der Waals surface area contributed by atoms with Crippen LogP contribution in [0.5, 0.6) is 0 Å². The summed E-state index contributed by atoms with van der Waals surface area (Å²) in [7, 11) is 0. The largest absolute Gasteiger partial charge is 0.396 e. The molecular weight excluding hydrogens is 228 g/mol. The molecule has 100 valence electrons. The Labute approximate surface area is 108 Å². The van der Waals surface area contributed by atoms with Crippen molar-refractivity contribution in [3.63, 3.8) is 0 Å². The molecule has 1 aliphatic carbocycles. The summed E-state index contributed by atoms with van der Waals surface area (Å²) >= 11 is 0. The van der Waals surface area contributed by atoms with E-state index in [0.717, 1.165) is 6.54 Å². The molecule has 1 aromatic rings. The second kappa shape index (κ2) is 5.00. The normalized spacial score (nSPS) is 15.1. The number of anilines is 1. The molecule has 1 aromatic heterocycles. The number of hydrogen-bond acceptors (Lipinski definition) is 3. The highest BCUT2D eigenvalue weighted by molar-refractivity contribution is 5.97. The fraction of sp³-hybridized carbons (Fsp3) is 0.692. The second-order valence-corrected chi connectivity index (χ2v) is 5.26. The smallest absolute Gasteiger partial charge is 0.274 e. The van der Waals surface area contributed by atoms with E-state index < -0.39 is 0 Å². The molecule has 0 atom stereocenters. The van der Waals surface area contributed by atoms with Gasteiger partial charge in [-0.25, -0.2) is 0 Å². The highest BCUT2D eigenvalue weighted by Crippen LogP contribution is 2.31. The van der Waals surface area contributed by atoms with Gasteiger partial charge >= 0.3 is 0 Å². The zero-order chi connectivity index (χ0) is 13.3. The van der Waals surface area contributed by atoms with Gasteiger partial charge in [0.2, 0.25) is 0 Å². The molecule has 0 aliphatic heterocycles. The topological polar surface area (TPSA) is 64.2 Å². The van der Waals surface area contributed by atoms with Gasteiger partial charge in [0.15, 0.2) is 0 Å². The van der Waals surface area contributed by atoms with Gasteiger partial charge < -0.3 is 10.6 Å². The lowest BCUT2D eigenvalue weighted by molar-refractivity contribution is 0.0684. The summed E-state index contributed by atoms with van der Waals surface area (Å²) < 4.78 is 1.68. The van der Waals surface area contributed by atoms with Crippen molar-refractivity contribution in [2.45, 2.75) is 46.2 Å². The Morgan fingerprint density at radius 2 is 2.28 bits per heavy atom. The van der Waals surface area contributed by atoms with Crippen LogP contribution in [0.15, 0.2) is 6.20 Å². The van der Waals surface area contributed by atoms with Crippen LogP contribution in [0.2, 0.25) is 0 Å². The van der Waals surface area contributed by atoms with Crippen molar-refractivity contribution < 1.29 is 4.79 Å². The van der Waals surface area contributed by atoms with Gasteiger partial charge in [-0.05, 0) is 39.5 Å². The van der Waals surface area contributed by atoms with Crippen molar-refractivity contribution in [1.82, 2.24) is 14.7 Å². The molecule has 2 N–H and O–H groups in total. The Bertz CT molecular complexity index is 434. The van der Waals surface area contributed by atoms with E-state index in [1.165, 1.54) is 12.8 Å². The number of carbonyl (C=O) groups excluding carboxylic acids is 1. The molecular formula is C13H22N4O. The van der Waals surface area contributed by atoms with Crippen LogP contribution in [-0.2, 0) is 6.54 Å². The number of nitrogens with two attached hydrogens (primary N) is 1. The Hall–Kier alpha value is -1.52. The third-order valence-corrected chi connectivity index (χ3v) is 3.41. The van der Waals surface area contributed by atoms with Gasteiger partial charge in [-0.3, -0.25) is 9.48 Å². The molecule has 5 heteroatoms. The summed E-state index contributed by atoms with van der Waals surface area (Å²) in [4.78, 5) is 14.5. The zero-order valence-electron chi connectivity index (χ0n) is 11.4. The maximum atomic E-state index is 12.6. The quantitative estimate of drug-likeness (QED) is 0.865. The van der Waals surface area contributed by atoms with E-state index >= 15 is 0 Å². The van der Waals surface area contributed by atoms with Crippen molar-refractivity contribution in [3.8, 4) is 0 Å². The fourth-order valence-electron chi connectivity index (χ4n) is 2.12. The third-order valence-electron chi connectivity index (χ3n) is 3.41. The number of aryl methyl sites for hydroxylation is 1. The first-order valence-corrected chi connectivity index (χ1v) is 6.66. The van der Waals surface area contributed by atoms with Crippen LogP contribution in [-0.4, -0.2) is 33.2 Å². The first-order valence-electron chi connectivity index (χ1n) is 6.66. The number of rotatable bonds is 5. The summed E-state index contributed by atoms with van der Waals surface area (Å²) in [5.74, 6) is 0.685. The predicted octanol–water partition coefficient (Wildman–Crippen LogP) is 1.75. The Balaban J connectivity index is 2.23. The summed E-state index contributed by atoms with van der Waals surface area (Å²) in [6.45, 7) is 7.55. The molecule has 0 aromatic carbocycles. The molecule has 1 amide bonds. The molecule has 0 spiro atoms. The van der Waals surface area contributed by atoms with Gasteiger partial charge in [0.1, 0.15) is 5.69 Å². The molecule has 0 unspecified atom stereocenters. The molecule has 1 saturated carbocycles. The summed E-state index contributed by atoms with van der Waals surface area (Å²) in [5.41, 5.74) is 6.88. The molecule has 5 nitrogen and oxygen atoms in total. The Kier molecular flexibility index (Phi) is 3.59. The first kappa shape index (κ1) is 12.9. The highest BCUT2D eigenvalue weighted by Gasteiger charge is 2.30. The monoisotopic (exact) mass is 250 g/mol. The van der Waals surface area contributed by atoms with E-state index in [2.05, 4.69) is 5.10 Å². The second-order valence-electron chi connectivity index (χ2n) is 5.26. The SMILES string of the molecule is CCn1ncc(N)c1C(=O)N(CC1CC1)C(C)C. The molecule has 0 bridgehead atoms. The number of carbonyl (C=O) groups is 1. The molecule has 2 rings (SSSR count). The Morgan fingerprint density at radius 3 is 2.78 bits per heavy atom. The number of aromatic nitrogens is 2. The van der Waals surface area contributed by atoms with Crippen LogP contribution in [0, 0.1) is 5.92 Å². The van der Waals surface area contributed by atoms with Crippen LogP contribution in [0.4, 0.5) is 5.69 Å². The molecule has 1 aliphatic rings. The molecule has 18 heavy (non-hydrogen) atoms. The lowest BCUT2D eigenvalue weighted by Gasteiger charge is -2.27. The van der Waals surface area contributed by atoms with Gasteiger partial charge in [0.05, 0.1) is 11.9 Å². The van der Waals surface area contributed by atoms with Crippen LogP contribution in [0.25, 0.3) is 0 Å². The summed E-state index contributed by atoms with van der Waals surface area (Å²) in [6.07, 6.45) is 4.03. The van der Waals surface area contributed by atoms with Gasteiger partial charge in [-0.15, -0.1) is 0 Å². The lowest BCUT2D eigenvalue weighted by atomic mass is 10.2. The third kappa shape index (κ3) is 2.49. The van der Waals surface area contributed by atoms with Crippen LogP contribution >= 0.6 is 0 Å². The standard InChI is InChI=1S/C13H22N4O/c1-4-17-12(11(14)7-15-17)13(18)16(9(2)3)8-10-5-6-10/h7,9-10H,4-6,8,14H2,1-3H3. The zero-order valence-corrected chi connectivity index (χ0v) is 11.4. The number of hydrogen-bond donors (Lipinski definition) is 1. The van der Waals surface area contributed by atoms with Crippen LogP contribution in [0.3, 0.4) is 0 Å². The molecule has 1 heterocycles. The van der Waals surface area contributed by atoms with E-state index in [9.17, 15) is 4.79 Å². The van der Waals surface area contributed by atoms with Gasteiger partial charge in [-0.1, -0.05) is 0 Å². The minimum absolute atomic E-state index is 0.00810. The van der Waals surface area contributed by atoms with Crippen molar-refractivity contribution in [1.29, 1.82) is 0 Å². The van der Waals surface area contributed by atoms with Crippen molar-refractivity contribution in [2.75, 3.05) is 12.3 Å². The lowest BCUT2D eigenvalue weighted by Crippen LogP contribution is -2.39. The predicted molar refractivity (Wildman–Crippen MR) is 71.2 cm³/mol. The first-order chi connectivity index (χ1) is 8.54. The average molecular weight is 250 g/mol.